The second-order valence-corrected chi connectivity index (χ2v) is 12.6. The summed E-state index contributed by atoms with van der Waals surface area (Å²) < 4.78 is 60.4. The fourth-order valence-electron chi connectivity index (χ4n) is 4.35. The summed E-state index contributed by atoms with van der Waals surface area (Å²) in [6.45, 7) is 1.71. The summed E-state index contributed by atoms with van der Waals surface area (Å²) in [5, 5.41) is 1.41. The first-order valence-electron chi connectivity index (χ1n) is 10.9. The predicted octanol–water partition coefficient (Wildman–Crippen LogP) is 6.26. The molecule has 4 heterocycles. The lowest BCUT2D eigenvalue weighted by atomic mass is 9.84. The summed E-state index contributed by atoms with van der Waals surface area (Å²) in [6.07, 6.45) is 7.12. The number of hydrogen-bond donors (Lipinski definition) is 3. The molecule has 0 spiro atoms. The second kappa shape index (κ2) is 9.85. The van der Waals surface area contributed by atoms with Gasteiger partial charge in [0.25, 0.3) is 0 Å². The van der Waals surface area contributed by atoms with Gasteiger partial charge in [-0.05, 0) is 87.0 Å². The molecule has 5 aromatic rings. The highest BCUT2D eigenvalue weighted by molar-refractivity contribution is 14.1. The van der Waals surface area contributed by atoms with Crippen LogP contribution in [0, 0.1) is 18.8 Å². The number of sulfonamides is 1. The van der Waals surface area contributed by atoms with Crippen molar-refractivity contribution in [3.63, 3.8) is 0 Å². The van der Waals surface area contributed by atoms with E-state index in [0.717, 1.165) is 19.3 Å². The van der Waals surface area contributed by atoms with E-state index in [1.807, 2.05) is 12.1 Å². The van der Waals surface area contributed by atoms with E-state index >= 15 is 8.78 Å². The lowest BCUT2D eigenvalue weighted by Gasteiger charge is -2.20. The summed E-state index contributed by atoms with van der Waals surface area (Å²) in [5.74, 6) is -2.87. The minimum Gasteiger partial charge on any atom is -0.346 e. The van der Waals surface area contributed by atoms with Crippen molar-refractivity contribution in [3.05, 3.63) is 84.5 Å². The summed E-state index contributed by atoms with van der Waals surface area (Å²) in [7, 11) is -3.80. The van der Waals surface area contributed by atoms with E-state index in [-0.39, 0.29) is 17.0 Å². The third-order valence-electron chi connectivity index (χ3n) is 5.84. The molecule has 0 aliphatic heterocycles. The summed E-state index contributed by atoms with van der Waals surface area (Å²) >= 11 is 4.27. The molecule has 0 radical (unpaired) electrons. The zero-order chi connectivity index (χ0) is 25.6. The fraction of sp³-hybridized carbons (Fsp3) is 0.167. The third-order valence-corrected chi connectivity index (χ3v) is 8.49. The Balaban J connectivity index is 1.80. The van der Waals surface area contributed by atoms with Gasteiger partial charge in [0.2, 0.25) is 10.0 Å². The number of benzene rings is 1. The SMILES string of the molecule is CCCS(=O)(=O)Nc1ccc(F)c(C(c2c[nH]c3ncc(I)cc23)c2c[nH]c3ncc(I)cc23)c1F. The summed E-state index contributed by atoms with van der Waals surface area (Å²) in [4.78, 5) is 15.0. The first kappa shape index (κ1) is 25.3. The number of aromatic amines is 2. The first-order valence-corrected chi connectivity index (χ1v) is 14.7. The highest BCUT2D eigenvalue weighted by Crippen LogP contribution is 2.42. The Labute approximate surface area is 232 Å². The maximum atomic E-state index is 16.1. The molecule has 0 aliphatic carbocycles. The van der Waals surface area contributed by atoms with Gasteiger partial charge in [0.05, 0.1) is 11.4 Å². The van der Waals surface area contributed by atoms with E-state index in [4.69, 9.17) is 0 Å². The van der Waals surface area contributed by atoms with E-state index in [9.17, 15) is 8.42 Å². The molecule has 0 bridgehead atoms. The Kier molecular flexibility index (Phi) is 6.93. The smallest absolute Gasteiger partial charge is 0.232 e. The number of fused-ring (bicyclic) bond motifs is 2. The Hall–Kier alpha value is -2.33. The van der Waals surface area contributed by atoms with Crippen LogP contribution >= 0.6 is 45.2 Å². The number of aromatic nitrogens is 4. The Morgan fingerprint density at radius 1 is 0.972 bits per heavy atom. The molecule has 0 saturated carbocycles. The molecule has 4 aromatic heterocycles. The molecule has 0 saturated heterocycles. The number of H-pyrrole nitrogens is 2. The van der Waals surface area contributed by atoms with Crippen LogP contribution in [0.4, 0.5) is 14.5 Å². The molecule has 5 rings (SSSR count). The van der Waals surface area contributed by atoms with E-state index in [2.05, 4.69) is 69.8 Å². The zero-order valence-electron chi connectivity index (χ0n) is 18.7. The van der Waals surface area contributed by atoms with Crippen molar-refractivity contribution >= 4 is 83.0 Å². The number of nitrogens with zero attached hydrogens (tertiary/aromatic N) is 2. The van der Waals surface area contributed by atoms with Gasteiger partial charge in [-0.15, -0.1) is 0 Å². The second-order valence-electron chi connectivity index (χ2n) is 8.26. The third kappa shape index (κ3) is 4.69. The average molecular weight is 733 g/mol. The molecule has 186 valence electrons. The van der Waals surface area contributed by atoms with Gasteiger partial charge in [0, 0.05) is 54.2 Å². The van der Waals surface area contributed by atoms with Crippen molar-refractivity contribution in [1.29, 1.82) is 0 Å². The van der Waals surface area contributed by atoms with Crippen molar-refractivity contribution in [1.82, 2.24) is 19.9 Å². The Bertz CT molecular complexity index is 1640. The monoisotopic (exact) mass is 733 g/mol. The van der Waals surface area contributed by atoms with Gasteiger partial charge in [0.15, 0.2) is 5.82 Å². The van der Waals surface area contributed by atoms with Crippen molar-refractivity contribution in [2.45, 2.75) is 19.3 Å². The molecule has 0 amide bonds. The van der Waals surface area contributed by atoms with Gasteiger partial charge >= 0.3 is 0 Å². The number of nitrogens with one attached hydrogen (secondary N) is 3. The molecule has 0 aliphatic rings. The highest BCUT2D eigenvalue weighted by Gasteiger charge is 2.31. The molecule has 3 N–H and O–H groups in total. The first-order chi connectivity index (χ1) is 17.2. The summed E-state index contributed by atoms with van der Waals surface area (Å²) in [6, 6.07) is 5.98. The minimum absolute atomic E-state index is 0.179. The Morgan fingerprint density at radius 2 is 1.53 bits per heavy atom. The van der Waals surface area contributed by atoms with Crippen LogP contribution in [0.25, 0.3) is 22.1 Å². The number of hydrogen-bond acceptors (Lipinski definition) is 4. The standard InChI is InChI=1S/C24H19F2I2N5O2S/c1-2-5-36(34,35)33-19-4-3-18(25)21(22(19)26)20(16-10-31-23-14(16)6-12(27)8-29-23)17-11-32-24-15(17)7-13(28)9-30-24/h3-4,6-11,20,33H,2,5H2,1H3,(H,29,31)(H,30,32). The fourth-order valence-corrected chi connectivity index (χ4v) is 6.39. The van der Waals surface area contributed by atoms with Crippen LogP contribution < -0.4 is 4.72 Å². The van der Waals surface area contributed by atoms with Crippen LogP contribution in [0.15, 0.2) is 49.1 Å². The van der Waals surface area contributed by atoms with Crippen LogP contribution in [0.5, 0.6) is 0 Å². The molecule has 1 aromatic carbocycles. The van der Waals surface area contributed by atoms with E-state index in [1.165, 1.54) is 0 Å². The maximum absolute atomic E-state index is 16.1. The van der Waals surface area contributed by atoms with Gasteiger partial charge in [-0.25, -0.2) is 27.2 Å². The number of anilines is 1. The highest BCUT2D eigenvalue weighted by atomic mass is 127. The van der Waals surface area contributed by atoms with Crippen LogP contribution in [0.2, 0.25) is 0 Å². The van der Waals surface area contributed by atoms with E-state index in [0.29, 0.717) is 39.6 Å². The zero-order valence-corrected chi connectivity index (χ0v) is 23.9. The van der Waals surface area contributed by atoms with E-state index in [1.54, 1.807) is 31.7 Å². The van der Waals surface area contributed by atoms with Crippen LogP contribution in [0.3, 0.4) is 0 Å². The van der Waals surface area contributed by atoms with Gasteiger partial charge in [-0.3, -0.25) is 4.72 Å². The average Bonchev–Trinajstić information content (AvgIpc) is 3.42. The predicted molar refractivity (Wildman–Crippen MR) is 153 cm³/mol. The molecule has 7 nitrogen and oxygen atoms in total. The number of halogens is 4. The molecule has 0 unspecified atom stereocenters. The minimum atomic E-state index is -3.80. The molecule has 12 heteroatoms. The van der Waals surface area contributed by atoms with Gasteiger partial charge < -0.3 is 9.97 Å². The van der Waals surface area contributed by atoms with Crippen molar-refractivity contribution in [3.8, 4) is 0 Å². The van der Waals surface area contributed by atoms with Gasteiger partial charge in [-0.2, -0.15) is 0 Å². The molecule has 0 atom stereocenters. The lowest BCUT2D eigenvalue weighted by Crippen LogP contribution is -2.18. The topological polar surface area (TPSA) is 104 Å². The quantitative estimate of drug-likeness (QED) is 0.172. The van der Waals surface area contributed by atoms with Crippen molar-refractivity contribution in [2.75, 3.05) is 10.5 Å². The van der Waals surface area contributed by atoms with Crippen molar-refractivity contribution in [2.24, 2.45) is 0 Å². The molecule has 36 heavy (non-hydrogen) atoms. The van der Waals surface area contributed by atoms with Gasteiger partial charge in [-0.1, -0.05) is 6.92 Å². The van der Waals surface area contributed by atoms with Gasteiger partial charge in [0.1, 0.15) is 17.1 Å². The molecular weight excluding hydrogens is 714 g/mol. The normalized spacial score (nSPS) is 12.2. The molecule has 0 fully saturated rings. The Morgan fingerprint density at radius 3 is 2.06 bits per heavy atom. The molecular formula is C24H19F2I2N5O2S. The van der Waals surface area contributed by atoms with Crippen molar-refractivity contribution < 1.29 is 17.2 Å². The van der Waals surface area contributed by atoms with Crippen LogP contribution in [-0.4, -0.2) is 34.1 Å². The lowest BCUT2D eigenvalue weighted by molar-refractivity contribution is 0.554. The maximum Gasteiger partial charge on any atom is 0.232 e. The largest absolute Gasteiger partial charge is 0.346 e. The number of pyridine rings is 2. The van der Waals surface area contributed by atoms with E-state index < -0.39 is 27.6 Å². The van der Waals surface area contributed by atoms with Crippen LogP contribution in [-0.2, 0) is 10.0 Å². The van der Waals surface area contributed by atoms with Crippen LogP contribution in [0.1, 0.15) is 36.0 Å². The number of rotatable bonds is 7. The summed E-state index contributed by atoms with van der Waals surface area (Å²) in [5.41, 5.74) is 1.77.